The normalized spacial score (nSPS) is 13.6. The zero-order chi connectivity index (χ0) is 22.2. The Labute approximate surface area is 184 Å². The van der Waals surface area contributed by atoms with E-state index in [1.54, 1.807) is 29.4 Å². The minimum atomic E-state index is -0.582. The van der Waals surface area contributed by atoms with Crippen LogP contribution in [0.3, 0.4) is 0 Å². The molecule has 9 heteroatoms. The zero-order valence-electron chi connectivity index (χ0n) is 17.5. The van der Waals surface area contributed by atoms with Crippen LogP contribution in [0.1, 0.15) is 26.5 Å². The summed E-state index contributed by atoms with van der Waals surface area (Å²) in [6.45, 7) is 6.80. The number of anilines is 2. The zero-order valence-corrected chi connectivity index (χ0v) is 18.3. The van der Waals surface area contributed by atoms with Crippen molar-refractivity contribution in [3.8, 4) is 11.1 Å². The number of fused-ring (bicyclic) bond motifs is 1. The molecule has 0 spiro atoms. The molecule has 7 nitrogen and oxygen atoms in total. The monoisotopic (exact) mass is 443 g/mol. The number of ether oxygens (including phenoxy) is 1. The van der Waals surface area contributed by atoms with Gasteiger partial charge in [0.15, 0.2) is 5.82 Å². The number of pyridine rings is 1. The number of rotatable bonds is 3. The largest absolute Gasteiger partial charge is 0.444 e. The molecule has 0 saturated heterocycles. The van der Waals surface area contributed by atoms with Gasteiger partial charge in [-0.25, -0.2) is 9.18 Å². The second-order valence-electron chi connectivity index (χ2n) is 8.28. The van der Waals surface area contributed by atoms with Gasteiger partial charge in [-0.15, -0.1) is 0 Å². The van der Waals surface area contributed by atoms with Gasteiger partial charge in [-0.1, -0.05) is 11.6 Å². The molecule has 0 fully saturated rings. The van der Waals surface area contributed by atoms with E-state index in [1.165, 1.54) is 6.07 Å². The van der Waals surface area contributed by atoms with Crippen LogP contribution in [0, 0.1) is 5.82 Å². The van der Waals surface area contributed by atoms with E-state index in [-0.39, 0.29) is 11.8 Å². The predicted octanol–water partition coefficient (Wildman–Crippen LogP) is 5.23. The van der Waals surface area contributed by atoms with Crippen LogP contribution in [-0.4, -0.2) is 37.9 Å². The van der Waals surface area contributed by atoms with Gasteiger partial charge in [-0.3, -0.25) is 9.67 Å². The van der Waals surface area contributed by atoms with Crippen LogP contribution in [0.4, 0.5) is 20.7 Å². The van der Waals surface area contributed by atoms with Gasteiger partial charge in [0.25, 0.3) is 0 Å². The molecule has 0 atom stereocenters. The van der Waals surface area contributed by atoms with Gasteiger partial charge in [0, 0.05) is 29.5 Å². The smallest absolute Gasteiger partial charge is 0.410 e. The van der Waals surface area contributed by atoms with Gasteiger partial charge in [-0.2, -0.15) is 5.10 Å². The molecule has 1 aliphatic rings. The molecule has 1 aliphatic heterocycles. The summed E-state index contributed by atoms with van der Waals surface area (Å²) in [6.07, 6.45) is 2.99. The number of hydrogen-bond acceptors (Lipinski definition) is 5. The first-order valence-electron chi connectivity index (χ1n) is 9.91. The van der Waals surface area contributed by atoms with Crippen molar-refractivity contribution < 1.29 is 13.9 Å². The Morgan fingerprint density at radius 1 is 1.19 bits per heavy atom. The second-order valence-corrected chi connectivity index (χ2v) is 8.72. The Kier molecular flexibility index (Phi) is 5.58. The maximum absolute atomic E-state index is 14.4. The third kappa shape index (κ3) is 4.64. The quantitative estimate of drug-likeness (QED) is 0.600. The summed E-state index contributed by atoms with van der Waals surface area (Å²) in [7, 11) is 0. The van der Waals surface area contributed by atoms with E-state index in [1.807, 2.05) is 37.6 Å². The third-order valence-electron chi connectivity index (χ3n) is 4.78. The lowest BCUT2D eigenvalue weighted by atomic mass is 10.1. The highest BCUT2D eigenvalue weighted by molar-refractivity contribution is 6.30. The third-order valence-corrected chi connectivity index (χ3v) is 5.02. The maximum atomic E-state index is 14.4. The van der Waals surface area contributed by atoms with E-state index in [0.717, 1.165) is 16.8 Å². The first-order valence-corrected chi connectivity index (χ1v) is 10.3. The Morgan fingerprint density at radius 3 is 2.61 bits per heavy atom. The maximum Gasteiger partial charge on any atom is 0.410 e. The number of nitrogens with one attached hydrogen (secondary N) is 1. The number of carbonyl (C=O) groups excluding carboxylic acids is 1. The van der Waals surface area contributed by atoms with Crippen molar-refractivity contribution in [2.75, 3.05) is 11.9 Å². The molecule has 31 heavy (non-hydrogen) atoms. The minimum Gasteiger partial charge on any atom is -0.444 e. The molecule has 3 heterocycles. The van der Waals surface area contributed by atoms with Crippen LogP contribution < -0.4 is 5.32 Å². The van der Waals surface area contributed by atoms with Gasteiger partial charge >= 0.3 is 6.09 Å². The Bertz CT molecular complexity index is 1110. The fraction of sp³-hybridized carbons (Fsp3) is 0.318. The lowest BCUT2D eigenvalue weighted by molar-refractivity contribution is 0.0195. The van der Waals surface area contributed by atoms with Crippen LogP contribution >= 0.6 is 11.6 Å². The predicted molar refractivity (Wildman–Crippen MR) is 117 cm³/mol. The van der Waals surface area contributed by atoms with Gasteiger partial charge < -0.3 is 15.0 Å². The molecule has 162 valence electrons. The van der Waals surface area contributed by atoms with Crippen molar-refractivity contribution in [1.29, 1.82) is 0 Å². The highest BCUT2D eigenvalue weighted by Gasteiger charge is 2.30. The fourth-order valence-corrected chi connectivity index (χ4v) is 3.59. The van der Waals surface area contributed by atoms with E-state index >= 15 is 0 Å². The SMILES string of the molecule is CC(C)(C)OC(=O)N1CCn2nc(Nc3ccc(Cl)cc3F)c(-c3ccncc3)c2C1. The average molecular weight is 444 g/mol. The summed E-state index contributed by atoms with van der Waals surface area (Å²) >= 11 is 5.88. The number of aromatic nitrogens is 3. The molecule has 0 radical (unpaired) electrons. The van der Waals surface area contributed by atoms with Crippen LogP contribution in [0.2, 0.25) is 5.02 Å². The summed E-state index contributed by atoms with van der Waals surface area (Å²) in [5.74, 6) is 0.0167. The molecule has 0 saturated carbocycles. The summed E-state index contributed by atoms with van der Waals surface area (Å²) in [5, 5.41) is 8.06. The number of halogens is 2. The number of nitrogens with zero attached hydrogens (tertiary/aromatic N) is 4. The van der Waals surface area contributed by atoms with Crippen LogP contribution in [-0.2, 0) is 17.8 Å². The fourth-order valence-electron chi connectivity index (χ4n) is 3.43. The average Bonchev–Trinajstić information content (AvgIpc) is 3.06. The highest BCUT2D eigenvalue weighted by Crippen LogP contribution is 2.36. The first-order chi connectivity index (χ1) is 14.7. The number of carbonyl (C=O) groups is 1. The topological polar surface area (TPSA) is 72.3 Å². The van der Waals surface area contributed by atoms with Crippen molar-refractivity contribution in [3.05, 3.63) is 59.3 Å². The number of hydrogen-bond donors (Lipinski definition) is 1. The van der Waals surface area contributed by atoms with Crippen molar-refractivity contribution in [2.45, 2.75) is 39.5 Å². The molecule has 1 aromatic carbocycles. The molecule has 2 aromatic heterocycles. The van der Waals surface area contributed by atoms with Crippen molar-refractivity contribution in [1.82, 2.24) is 19.7 Å². The molecule has 1 amide bonds. The summed E-state index contributed by atoms with van der Waals surface area (Å²) in [6, 6.07) is 8.14. The Hall–Kier alpha value is -3.13. The molecular weight excluding hydrogens is 421 g/mol. The van der Waals surface area contributed by atoms with E-state index in [9.17, 15) is 9.18 Å². The van der Waals surface area contributed by atoms with Gasteiger partial charge in [0.05, 0.1) is 24.5 Å². The van der Waals surface area contributed by atoms with E-state index < -0.39 is 11.4 Å². The molecule has 4 rings (SSSR count). The molecule has 0 unspecified atom stereocenters. The lowest BCUT2D eigenvalue weighted by Crippen LogP contribution is -2.41. The molecule has 0 bridgehead atoms. The number of amides is 1. The summed E-state index contributed by atoms with van der Waals surface area (Å²) in [5.41, 5.74) is 2.16. The standard InChI is InChI=1S/C22H23ClFN5O2/c1-22(2,3)31-21(30)28-10-11-29-18(13-28)19(14-6-8-25-9-7-14)20(27-29)26-17-5-4-15(23)12-16(17)24/h4-9,12H,10-11,13H2,1-3H3,(H,26,27). The molecule has 3 aromatic rings. The second kappa shape index (κ2) is 8.19. The van der Waals surface area contributed by atoms with Crippen molar-refractivity contribution in [2.24, 2.45) is 0 Å². The summed E-state index contributed by atoms with van der Waals surface area (Å²) < 4.78 is 21.8. The number of benzene rings is 1. The minimum absolute atomic E-state index is 0.263. The van der Waals surface area contributed by atoms with E-state index in [4.69, 9.17) is 16.3 Å². The lowest BCUT2D eigenvalue weighted by Gasteiger charge is -2.30. The highest BCUT2D eigenvalue weighted by atomic mass is 35.5. The van der Waals surface area contributed by atoms with Crippen LogP contribution in [0.15, 0.2) is 42.7 Å². The Morgan fingerprint density at radius 2 is 1.94 bits per heavy atom. The summed E-state index contributed by atoms with van der Waals surface area (Å²) in [4.78, 5) is 18.4. The van der Waals surface area contributed by atoms with Gasteiger partial charge in [0.1, 0.15) is 11.4 Å². The van der Waals surface area contributed by atoms with Gasteiger partial charge in [0.2, 0.25) is 0 Å². The molecule has 0 aliphatic carbocycles. The Balaban J connectivity index is 1.72. The van der Waals surface area contributed by atoms with E-state index in [0.29, 0.717) is 30.5 Å². The molecule has 1 N–H and O–H groups in total. The van der Waals surface area contributed by atoms with Crippen molar-refractivity contribution >= 4 is 29.2 Å². The van der Waals surface area contributed by atoms with E-state index in [2.05, 4.69) is 15.4 Å². The van der Waals surface area contributed by atoms with Gasteiger partial charge in [-0.05, 0) is 56.7 Å². The first kappa shape index (κ1) is 21.1. The van der Waals surface area contributed by atoms with Crippen molar-refractivity contribution in [3.63, 3.8) is 0 Å². The van der Waals surface area contributed by atoms with Crippen LogP contribution in [0.5, 0.6) is 0 Å². The molecular formula is C22H23ClFN5O2. The van der Waals surface area contributed by atoms with Crippen LogP contribution in [0.25, 0.3) is 11.1 Å².